The summed E-state index contributed by atoms with van der Waals surface area (Å²) in [5.41, 5.74) is 1.91. The van der Waals surface area contributed by atoms with Crippen LogP contribution in [0.1, 0.15) is 31.2 Å². The molecule has 0 aliphatic carbocycles. The Kier molecular flexibility index (Phi) is 6.57. The van der Waals surface area contributed by atoms with Crippen molar-refractivity contribution in [2.45, 2.75) is 43.0 Å². The summed E-state index contributed by atoms with van der Waals surface area (Å²) in [5.74, 6) is 0.518. The maximum Gasteiger partial charge on any atom is 0.243 e. The second-order valence-corrected chi connectivity index (χ2v) is 9.94. The molecule has 2 aliphatic rings. The highest BCUT2D eigenvalue weighted by Gasteiger charge is 2.39. The van der Waals surface area contributed by atoms with Crippen LogP contribution in [0.15, 0.2) is 41.3 Å². The zero-order valence-corrected chi connectivity index (χ0v) is 19.4. The topological polar surface area (TPSA) is 114 Å². The van der Waals surface area contributed by atoms with E-state index in [1.165, 1.54) is 24.6 Å². The normalized spacial score (nSPS) is 18.7. The first-order valence-electron chi connectivity index (χ1n) is 10.8. The van der Waals surface area contributed by atoms with Crippen LogP contribution in [0.25, 0.3) is 0 Å². The van der Waals surface area contributed by atoms with Crippen LogP contribution in [-0.4, -0.2) is 51.3 Å². The number of fused-ring (bicyclic) bond motifs is 1. The van der Waals surface area contributed by atoms with Crippen LogP contribution in [-0.2, 0) is 26.0 Å². The van der Waals surface area contributed by atoms with Gasteiger partial charge in [-0.25, -0.2) is 8.42 Å². The van der Waals surface area contributed by atoms with Gasteiger partial charge in [-0.15, -0.1) is 0 Å². The molecule has 0 unspecified atom stereocenters. The van der Waals surface area contributed by atoms with Crippen LogP contribution < -0.4 is 20.1 Å². The number of carbonyl (C=O) groups is 2. The number of rotatable bonds is 6. The fraction of sp³-hybridized carbons (Fsp3) is 0.391. The molecular formula is C23H27N3O6S. The lowest BCUT2D eigenvalue weighted by molar-refractivity contribution is -0.119. The smallest absolute Gasteiger partial charge is 0.243 e. The Morgan fingerprint density at radius 2 is 1.85 bits per heavy atom. The molecule has 1 saturated heterocycles. The molecule has 0 saturated carbocycles. The van der Waals surface area contributed by atoms with Crippen molar-refractivity contribution >= 4 is 33.2 Å². The van der Waals surface area contributed by atoms with Crippen molar-refractivity contribution in [1.82, 2.24) is 4.31 Å². The third-order valence-electron chi connectivity index (χ3n) is 5.96. The number of nitrogens with one attached hydrogen (secondary N) is 2. The van der Waals surface area contributed by atoms with Crippen LogP contribution in [0.4, 0.5) is 11.4 Å². The molecule has 0 bridgehead atoms. The summed E-state index contributed by atoms with van der Waals surface area (Å²) < 4.78 is 38.6. The second-order valence-electron chi connectivity index (χ2n) is 8.05. The lowest BCUT2D eigenvalue weighted by atomic mass is 10.1. The first-order chi connectivity index (χ1) is 15.8. The van der Waals surface area contributed by atoms with Crippen LogP contribution in [0.3, 0.4) is 0 Å². The third kappa shape index (κ3) is 4.67. The molecular weight excluding hydrogens is 446 g/mol. The Hall–Kier alpha value is -3.11. The Bertz CT molecular complexity index is 1180. The lowest BCUT2D eigenvalue weighted by Crippen LogP contribution is -2.43. The SMILES string of the molecule is COc1ccc(NC(=O)[C@@H]2CCCN2S(=O)(=O)c2ccc3c(c2)CCCC(=O)N3)cc1OC. The number of anilines is 2. The molecule has 4 rings (SSSR count). The highest BCUT2D eigenvalue weighted by Crippen LogP contribution is 2.32. The van der Waals surface area contributed by atoms with Gasteiger partial charge in [0.2, 0.25) is 21.8 Å². The number of ether oxygens (including phenoxy) is 2. The summed E-state index contributed by atoms with van der Waals surface area (Å²) in [6, 6.07) is 8.88. The molecule has 1 atom stereocenters. The van der Waals surface area contributed by atoms with E-state index in [1.54, 1.807) is 30.3 Å². The molecule has 2 aliphatic heterocycles. The van der Waals surface area contributed by atoms with E-state index in [9.17, 15) is 18.0 Å². The van der Waals surface area contributed by atoms with Crippen molar-refractivity contribution in [2.75, 3.05) is 31.4 Å². The van der Waals surface area contributed by atoms with Crippen LogP contribution in [0.5, 0.6) is 11.5 Å². The van der Waals surface area contributed by atoms with Crippen LogP contribution in [0, 0.1) is 0 Å². The number of nitrogens with zero attached hydrogens (tertiary/aromatic N) is 1. The Morgan fingerprint density at radius 3 is 2.61 bits per heavy atom. The molecule has 0 radical (unpaired) electrons. The van der Waals surface area contributed by atoms with Crippen molar-refractivity contribution in [3.63, 3.8) is 0 Å². The van der Waals surface area contributed by atoms with Crippen molar-refractivity contribution < 1.29 is 27.5 Å². The van der Waals surface area contributed by atoms with Crippen molar-refractivity contribution in [1.29, 1.82) is 0 Å². The molecule has 33 heavy (non-hydrogen) atoms. The highest BCUT2D eigenvalue weighted by atomic mass is 32.2. The number of sulfonamides is 1. The molecule has 2 amide bonds. The number of aryl methyl sites for hydroxylation is 1. The summed E-state index contributed by atoms with van der Waals surface area (Å²) >= 11 is 0. The number of benzene rings is 2. The van der Waals surface area contributed by atoms with Gasteiger partial charge < -0.3 is 20.1 Å². The average molecular weight is 474 g/mol. The van der Waals surface area contributed by atoms with Gasteiger partial charge in [0.15, 0.2) is 11.5 Å². The van der Waals surface area contributed by atoms with Crippen LogP contribution >= 0.6 is 0 Å². The van der Waals surface area contributed by atoms with E-state index in [0.717, 1.165) is 5.56 Å². The summed E-state index contributed by atoms with van der Waals surface area (Å²) in [7, 11) is -0.870. The number of hydrogen-bond donors (Lipinski definition) is 2. The predicted octanol–water partition coefficient (Wildman–Crippen LogP) is 2.77. The average Bonchev–Trinajstić information content (AvgIpc) is 3.23. The van der Waals surface area contributed by atoms with E-state index in [2.05, 4.69) is 10.6 Å². The van der Waals surface area contributed by atoms with Crippen molar-refractivity contribution in [3.8, 4) is 11.5 Å². The fourth-order valence-electron chi connectivity index (χ4n) is 4.28. The third-order valence-corrected chi connectivity index (χ3v) is 7.87. The molecule has 1 fully saturated rings. The van der Waals surface area contributed by atoms with E-state index in [0.29, 0.717) is 55.0 Å². The first kappa shape index (κ1) is 23.1. The second kappa shape index (κ2) is 9.40. The summed E-state index contributed by atoms with van der Waals surface area (Å²) in [6.45, 7) is 0.264. The fourth-order valence-corrected chi connectivity index (χ4v) is 5.98. The molecule has 2 aromatic carbocycles. The predicted molar refractivity (Wildman–Crippen MR) is 123 cm³/mol. The zero-order chi connectivity index (χ0) is 23.6. The zero-order valence-electron chi connectivity index (χ0n) is 18.6. The number of amides is 2. The largest absolute Gasteiger partial charge is 0.493 e. The maximum absolute atomic E-state index is 13.4. The van der Waals surface area contributed by atoms with E-state index >= 15 is 0 Å². The summed E-state index contributed by atoms with van der Waals surface area (Å²) in [6.07, 6.45) is 2.69. The van der Waals surface area contributed by atoms with Crippen molar-refractivity contribution in [3.05, 3.63) is 42.0 Å². The van der Waals surface area contributed by atoms with Gasteiger partial charge in [0.1, 0.15) is 6.04 Å². The minimum Gasteiger partial charge on any atom is -0.493 e. The molecule has 176 valence electrons. The number of hydrogen-bond acceptors (Lipinski definition) is 6. The first-order valence-corrected chi connectivity index (χ1v) is 12.2. The monoisotopic (exact) mass is 473 g/mol. The van der Waals surface area contributed by atoms with Gasteiger partial charge in [0.25, 0.3) is 0 Å². The highest BCUT2D eigenvalue weighted by molar-refractivity contribution is 7.89. The molecule has 9 nitrogen and oxygen atoms in total. The summed E-state index contributed by atoms with van der Waals surface area (Å²) in [5, 5.41) is 5.61. The Morgan fingerprint density at radius 1 is 1.06 bits per heavy atom. The van der Waals surface area contributed by atoms with E-state index in [-0.39, 0.29) is 17.3 Å². The molecule has 2 N–H and O–H groups in total. The standard InChI is InChI=1S/C23H27N3O6S/c1-31-20-11-8-16(14-21(20)32-2)24-23(28)19-6-4-12-26(19)33(29,30)17-9-10-18-15(13-17)5-3-7-22(27)25-18/h8-11,13-14,19H,3-7,12H2,1-2H3,(H,24,28)(H,25,27)/t19-/m0/s1. The minimum absolute atomic E-state index is 0.0733. The maximum atomic E-state index is 13.4. The van der Waals surface area contributed by atoms with E-state index in [1.807, 2.05) is 0 Å². The molecule has 2 aromatic rings. The van der Waals surface area contributed by atoms with Gasteiger partial charge in [-0.2, -0.15) is 4.31 Å². The Labute approximate surface area is 193 Å². The van der Waals surface area contributed by atoms with Crippen molar-refractivity contribution in [2.24, 2.45) is 0 Å². The molecule has 2 heterocycles. The number of methoxy groups -OCH3 is 2. The summed E-state index contributed by atoms with van der Waals surface area (Å²) in [4.78, 5) is 24.9. The van der Waals surface area contributed by atoms with Crippen LogP contribution in [0.2, 0.25) is 0 Å². The van der Waals surface area contributed by atoms with Gasteiger partial charge in [0, 0.05) is 30.4 Å². The Balaban J connectivity index is 1.55. The quantitative estimate of drug-likeness (QED) is 0.667. The van der Waals surface area contributed by atoms with Gasteiger partial charge in [-0.3, -0.25) is 9.59 Å². The minimum atomic E-state index is -3.89. The van der Waals surface area contributed by atoms with Gasteiger partial charge in [0.05, 0.1) is 19.1 Å². The molecule has 10 heteroatoms. The molecule has 0 spiro atoms. The van der Waals surface area contributed by atoms with E-state index in [4.69, 9.17) is 9.47 Å². The molecule has 0 aromatic heterocycles. The van der Waals surface area contributed by atoms with Gasteiger partial charge >= 0.3 is 0 Å². The van der Waals surface area contributed by atoms with E-state index < -0.39 is 22.0 Å². The van der Waals surface area contributed by atoms with Gasteiger partial charge in [-0.05, 0) is 61.6 Å². The van der Waals surface area contributed by atoms with Gasteiger partial charge in [-0.1, -0.05) is 0 Å². The lowest BCUT2D eigenvalue weighted by Gasteiger charge is -2.24. The number of carbonyl (C=O) groups excluding carboxylic acids is 2.